The van der Waals surface area contributed by atoms with Gasteiger partial charge in [0.25, 0.3) is 0 Å². The summed E-state index contributed by atoms with van der Waals surface area (Å²) >= 11 is 6.14. The van der Waals surface area contributed by atoms with Crippen LogP contribution in [0.4, 0.5) is 5.69 Å². The highest BCUT2D eigenvalue weighted by molar-refractivity contribution is 14.0. The van der Waals surface area contributed by atoms with E-state index < -0.39 is 0 Å². The van der Waals surface area contributed by atoms with Crippen molar-refractivity contribution in [3.63, 3.8) is 0 Å². The molecule has 0 unspecified atom stereocenters. The standard InChI is InChI=1S/C19H28ClN7O.HI/c1-15-23-24-18(25(15)2)14-22-19(21-7-12-28-3)27-10-8-26(9-11-27)17-6-4-5-16(20)13-17;/h4-6,13H,7-12,14H2,1-3H3,(H,21,22);1H. The molecule has 3 rings (SSSR count). The highest BCUT2D eigenvalue weighted by atomic mass is 127. The summed E-state index contributed by atoms with van der Waals surface area (Å²) in [7, 11) is 3.66. The van der Waals surface area contributed by atoms with Gasteiger partial charge in [0.15, 0.2) is 11.8 Å². The van der Waals surface area contributed by atoms with Crippen molar-refractivity contribution < 1.29 is 4.74 Å². The van der Waals surface area contributed by atoms with Crippen LogP contribution in [-0.4, -0.2) is 72.1 Å². The molecule has 0 bridgehead atoms. The first-order chi connectivity index (χ1) is 13.6. The van der Waals surface area contributed by atoms with E-state index in [0.717, 1.165) is 54.5 Å². The number of hydrogen-bond acceptors (Lipinski definition) is 5. The minimum Gasteiger partial charge on any atom is -0.383 e. The van der Waals surface area contributed by atoms with Gasteiger partial charge in [0, 0.05) is 57.6 Å². The van der Waals surface area contributed by atoms with Crippen LogP contribution in [0.15, 0.2) is 29.3 Å². The smallest absolute Gasteiger partial charge is 0.194 e. The highest BCUT2D eigenvalue weighted by Gasteiger charge is 2.20. The lowest BCUT2D eigenvalue weighted by Gasteiger charge is -2.37. The van der Waals surface area contributed by atoms with Crippen LogP contribution in [0.5, 0.6) is 0 Å². The van der Waals surface area contributed by atoms with Gasteiger partial charge in [-0.05, 0) is 25.1 Å². The number of halogens is 2. The van der Waals surface area contributed by atoms with Crippen molar-refractivity contribution in [2.45, 2.75) is 13.5 Å². The van der Waals surface area contributed by atoms with E-state index in [9.17, 15) is 0 Å². The molecule has 0 atom stereocenters. The van der Waals surface area contributed by atoms with Crippen molar-refractivity contribution in [3.8, 4) is 0 Å². The molecule has 1 aromatic carbocycles. The van der Waals surface area contributed by atoms with E-state index in [1.54, 1.807) is 7.11 Å². The van der Waals surface area contributed by atoms with Gasteiger partial charge < -0.3 is 24.4 Å². The number of piperazine rings is 1. The maximum atomic E-state index is 6.14. The molecule has 1 aliphatic rings. The monoisotopic (exact) mass is 533 g/mol. The second kappa shape index (κ2) is 11.6. The summed E-state index contributed by atoms with van der Waals surface area (Å²) in [4.78, 5) is 9.41. The molecule has 1 aromatic heterocycles. The fraction of sp³-hybridized carbons (Fsp3) is 0.526. The summed E-state index contributed by atoms with van der Waals surface area (Å²) in [5.41, 5.74) is 1.16. The fourth-order valence-corrected chi connectivity index (χ4v) is 3.30. The average molecular weight is 534 g/mol. The number of guanidine groups is 1. The molecule has 160 valence electrons. The van der Waals surface area contributed by atoms with Crippen molar-refractivity contribution in [2.24, 2.45) is 12.0 Å². The molecule has 0 saturated carbocycles. The highest BCUT2D eigenvalue weighted by Crippen LogP contribution is 2.20. The molecule has 0 radical (unpaired) electrons. The van der Waals surface area contributed by atoms with E-state index in [0.29, 0.717) is 19.7 Å². The summed E-state index contributed by atoms with van der Waals surface area (Å²) < 4.78 is 7.13. The number of aliphatic imine (C=N–C) groups is 1. The van der Waals surface area contributed by atoms with Gasteiger partial charge in [-0.3, -0.25) is 0 Å². The van der Waals surface area contributed by atoms with Gasteiger partial charge in [0.05, 0.1) is 6.61 Å². The van der Waals surface area contributed by atoms with Gasteiger partial charge in [-0.25, -0.2) is 4.99 Å². The molecular weight excluding hydrogens is 505 g/mol. The Bertz CT molecular complexity index is 806. The maximum absolute atomic E-state index is 6.14. The number of nitrogens with zero attached hydrogens (tertiary/aromatic N) is 6. The first kappa shape index (κ1) is 23.7. The van der Waals surface area contributed by atoms with E-state index in [4.69, 9.17) is 21.3 Å². The van der Waals surface area contributed by atoms with Crippen LogP contribution in [0.2, 0.25) is 5.02 Å². The molecule has 1 N–H and O–H groups in total. The van der Waals surface area contributed by atoms with E-state index in [1.807, 2.05) is 36.7 Å². The second-order valence-electron chi connectivity index (χ2n) is 6.74. The van der Waals surface area contributed by atoms with Crippen LogP contribution in [0, 0.1) is 6.92 Å². The molecule has 8 nitrogen and oxygen atoms in total. The number of rotatable bonds is 6. The Balaban J connectivity index is 0.00000300. The second-order valence-corrected chi connectivity index (χ2v) is 7.17. The molecule has 0 aliphatic carbocycles. The number of benzene rings is 1. The van der Waals surface area contributed by atoms with Crippen LogP contribution < -0.4 is 10.2 Å². The Labute approximate surface area is 194 Å². The maximum Gasteiger partial charge on any atom is 0.194 e. The third kappa shape index (κ3) is 6.45. The zero-order chi connectivity index (χ0) is 19.9. The first-order valence-electron chi connectivity index (χ1n) is 9.46. The number of anilines is 1. The predicted molar refractivity (Wildman–Crippen MR) is 127 cm³/mol. The van der Waals surface area contributed by atoms with Crippen LogP contribution in [0.1, 0.15) is 11.6 Å². The van der Waals surface area contributed by atoms with Crippen molar-refractivity contribution in [3.05, 3.63) is 40.9 Å². The van der Waals surface area contributed by atoms with Crippen LogP contribution in [-0.2, 0) is 18.3 Å². The molecule has 1 aliphatic heterocycles. The minimum atomic E-state index is 0. The summed E-state index contributed by atoms with van der Waals surface area (Å²) in [5, 5.41) is 12.5. The average Bonchev–Trinajstić information content (AvgIpc) is 3.03. The largest absolute Gasteiger partial charge is 0.383 e. The Kier molecular flexibility index (Phi) is 9.44. The van der Waals surface area contributed by atoms with E-state index in [1.165, 1.54) is 0 Å². The fourth-order valence-electron chi connectivity index (χ4n) is 3.12. The predicted octanol–water partition coefficient (Wildman–Crippen LogP) is 2.31. The molecule has 0 amide bonds. The molecule has 1 fully saturated rings. The molecule has 1 saturated heterocycles. The minimum absolute atomic E-state index is 0. The molecule has 10 heteroatoms. The zero-order valence-corrected chi connectivity index (χ0v) is 20.2. The van der Waals surface area contributed by atoms with Gasteiger partial charge in [-0.2, -0.15) is 0 Å². The molecule has 0 spiro atoms. The van der Waals surface area contributed by atoms with Crippen molar-refractivity contribution in [1.29, 1.82) is 0 Å². The molecular formula is C19H29ClIN7O. The summed E-state index contributed by atoms with van der Waals surface area (Å²) in [5.74, 6) is 2.61. The number of aryl methyl sites for hydroxylation is 1. The topological polar surface area (TPSA) is 70.8 Å². The van der Waals surface area contributed by atoms with Crippen LogP contribution >= 0.6 is 35.6 Å². The Hall–Kier alpha value is -1.59. The number of methoxy groups -OCH3 is 1. The van der Waals surface area contributed by atoms with Gasteiger partial charge in [0.1, 0.15) is 12.4 Å². The van der Waals surface area contributed by atoms with Crippen molar-refractivity contribution in [2.75, 3.05) is 51.3 Å². The lowest BCUT2D eigenvalue weighted by molar-refractivity contribution is 0.202. The Morgan fingerprint density at radius 1 is 1.24 bits per heavy atom. The zero-order valence-electron chi connectivity index (χ0n) is 17.1. The van der Waals surface area contributed by atoms with E-state index in [2.05, 4.69) is 31.4 Å². The quantitative estimate of drug-likeness (QED) is 0.266. The summed E-state index contributed by atoms with van der Waals surface area (Å²) in [6.07, 6.45) is 0. The van der Waals surface area contributed by atoms with Crippen LogP contribution in [0.3, 0.4) is 0 Å². The SMILES string of the molecule is COCCNC(=NCc1nnc(C)n1C)N1CCN(c2cccc(Cl)c2)CC1.I. The number of aromatic nitrogens is 3. The van der Waals surface area contributed by atoms with Gasteiger partial charge in [0.2, 0.25) is 0 Å². The van der Waals surface area contributed by atoms with Crippen molar-refractivity contribution in [1.82, 2.24) is 25.0 Å². The summed E-state index contributed by atoms with van der Waals surface area (Å²) in [6.45, 7) is 7.34. The summed E-state index contributed by atoms with van der Waals surface area (Å²) in [6, 6.07) is 8.01. The van der Waals surface area contributed by atoms with Gasteiger partial charge in [-0.1, -0.05) is 17.7 Å². The van der Waals surface area contributed by atoms with Crippen LogP contribution in [0.25, 0.3) is 0 Å². The van der Waals surface area contributed by atoms with E-state index >= 15 is 0 Å². The molecule has 2 aromatic rings. The normalized spacial score (nSPS) is 14.7. The Morgan fingerprint density at radius 2 is 2.00 bits per heavy atom. The third-order valence-electron chi connectivity index (χ3n) is 4.89. The number of nitrogens with one attached hydrogen (secondary N) is 1. The number of ether oxygens (including phenoxy) is 1. The lowest BCUT2D eigenvalue weighted by Crippen LogP contribution is -2.53. The third-order valence-corrected chi connectivity index (χ3v) is 5.13. The lowest BCUT2D eigenvalue weighted by atomic mass is 10.2. The molecule has 29 heavy (non-hydrogen) atoms. The number of hydrogen-bond donors (Lipinski definition) is 1. The van der Waals surface area contributed by atoms with Gasteiger partial charge in [-0.15, -0.1) is 34.2 Å². The first-order valence-corrected chi connectivity index (χ1v) is 9.84. The Morgan fingerprint density at radius 3 is 2.62 bits per heavy atom. The van der Waals surface area contributed by atoms with Gasteiger partial charge >= 0.3 is 0 Å². The molecule has 2 heterocycles. The van der Waals surface area contributed by atoms with E-state index in [-0.39, 0.29) is 24.0 Å². The van der Waals surface area contributed by atoms with Crippen molar-refractivity contribution >= 4 is 47.2 Å².